The highest BCUT2D eigenvalue weighted by Gasteiger charge is 2.62. The van der Waals surface area contributed by atoms with Gasteiger partial charge in [-0.15, -0.1) is 0 Å². The second kappa shape index (κ2) is 8.08. The van der Waals surface area contributed by atoms with E-state index in [1.807, 2.05) is 32.0 Å². The van der Waals surface area contributed by atoms with Gasteiger partial charge >= 0.3 is 5.97 Å². The van der Waals surface area contributed by atoms with Crippen molar-refractivity contribution in [1.29, 1.82) is 0 Å². The van der Waals surface area contributed by atoms with E-state index in [9.17, 15) is 14.4 Å². The van der Waals surface area contributed by atoms with Crippen LogP contribution in [0.1, 0.15) is 23.7 Å². The molecule has 0 radical (unpaired) electrons. The predicted octanol–water partition coefficient (Wildman–Crippen LogP) is 1.11. The molecule has 3 heterocycles. The normalized spacial score (nSPS) is 19.1. The summed E-state index contributed by atoms with van der Waals surface area (Å²) in [4.78, 5) is 44.7. The summed E-state index contributed by atoms with van der Waals surface area (Å²) < 4.78 is 12.4. The van der Waals surface area contributed by atoms with Crippen LogP contribution in [0.25, 0.3) is 0 Å². The Morgan fingerprint density at radius 1 is 1.24 bits per heavy atom. The van der Waals surface area contributed by atoms with Gasteiger partial charge < -0.3 is 29.6 Å². The molecule has 1 spiro atoms. The van der Waals surface area contributed by atoms with Crippen LogP contribution in [0.4, 0.5) is 5.69 Å². The minimum Gasteiger partial charge on any atom is -0.465 e. The molecule has 0 saturated carbocycles. The number of benzene rings is 1. The van der Waals surface area contributed by atoms with E-state index in [1.54, 1.807) is 40.7 Å². The van der Waals surface area contributed by atoms with Crippen molar-refractivity contribution in [1.82, 2.24) is 9.47 Å². The summed E-state index contributed by atoms with van der Waals surface area (Å²) in [6, 6.07) is 8.82. The smallest absolute Gasteiger partial charge is 0.340 e. The molecule has 2 aliphatic rings. The number of carbonyl (C=O) groups excluding carboxylic acids is 2. The lowest BCUT2D eigenvalue weighted by Gasteiger charge is -2.36. The van der Waals surface area contributed by atoms with Gasteiger partial charge in [0.05, 0.1) is 12.7 Å². The maximum absolute atomic E-state index is 14.1. The third kappa shape index (κ3) is 3.06. The quantitative estimate of drug-likeness (QED) is 0.677. The molecule has 9 heteroatoms. The zero-order valence-electron chi connectivity index (χ0n) is 19.5. The molecule has 1 aromatic carbocycles. The van der Waals surface area contributed by atoms with Gasteiger partial charge in [0.1, 0.15) is 16.7 Å². The Bertz CT molecular complexity index is 1250. The highest BCUT2D eigenvalue weighted by molar-refractivity contribution is 6.18. The fraction of sp³-hybridized carbons (Fsp3) is 0.375. The fourth-order valence-electron chi connectivity index (χ4n) is 4.83. The van der Waals surface area contributed by atoms with Crippen molar-refractivity contribution in [2.45, 2.75) is 25.8 Å². The second-order valence-corrected chi connectivity index (χ2v) is 8.43. The Labute approximate surface area is 192 Å². The minimum atomic E-state index is -1.76. The first kappa shape index (κ1) is 22.6. The maximum atomic E-state index is 14.1. The topological polar surface area (TPSA) is 107 Å². The highest BCUT2D eigenvalue weighted by atomic mass is 16.5. The summed E-state index contributed by atoms with van der Waals surface area (Å²) in [7, 11) is 5.04. The molecule has 1 atom stereocenters. The van der Waals surface area contributed by atoms with E-state index < -0.39 is 22.9 Å². The zero-order valence-corrected chi connectivity index (χ0v) is 19.5. The van der Waals surface area contributed by atoms with Crippen molar-refractivity contribution in [3.05, 3.63) is 69.0 Å². The number of rotatable bonds is 5. The minimum absolute atomic E-state index is 0.0786. The maximum Gasteiger partial charge on any atom is 0.340 e. The van der Waals surface area contributed by atoms with Crippen LogP contribution in [-0.4, -0.2) is 55.6 Å². The van der Waals surface area contributed by atoms with Crippen molar-refractivity contribution < 1.29 is 19.1 Å². The third-order valence-corrected chi connectivity index (χ3v) is 6.33. The van der Waals surface area contributed by atoms with E-state index in [2.05, 4.69) is 0 Å². The van der Waals surface area contributed by atoms with Crippen molar-refractivity contribution in [3.63, 3.8) is 0 Å². The van der Waals surface area contributed by atoms with Crippen LogP contribution in [0.3, 0.4) is 0 Å². The lowest BCUT2D eigenvalue weighted by atomic mass is 9.68. The van der Waals surface area contributed by atoms with Crippen LogP contribution in [0.5, 0.6) is 5.75 Å². The predicted molar refractivity (Wildman–Crippen MR) is 123 cm³/mol. The summed E-state index contributed by atoms with van der Waals surface area (Å²) in [5, 5.41) is 0. The molecule has 0 fully saturated rings. The number of pyridine rings is 1. The summed E-state index contributed by atoms with van der Waals surface area (Å²) in [5.41, 5.74) is 5.76. The third-order valence-electron chi connectivity index (χ3n) is 6.33. The van der Waals surface area contributed by atoms with E-state index >= 15 is 0 Å². The molecule has 1 aromatic heterocycles. The van der Waals surface area contributed by atoms with Crippen molar-refractivity contribution in [2.75, 3.05) is 39.2 Å². The van der Waals surface area contributed by atoms with Crippen LogP contribution >= 0.6 is 0 Å². The van der Waals surface area contributed by atoms with Gasteiger partial charge in [0.2, 0.25) is 11.8 Å². The zero-order chi connectivity index (χ0) is 24.1. The highest BCUT2D eigenvalue weighted by Crippen LogP contribution is 2.54. The fourth-order valence-corrected chi connectivity index (χ4v) is 4.83. The number of hydrogen-bond acceptors (Lipinski definition) is 7. The molecule has 174 valence electrons. The summed E-state index contributed by atoms with van der Waals surface area (Å²) in [6.45, 7) is 5.00. The van der Waals surface area contributed by atoms with Crippen molar-refractivity contribution in [2.24, 2.45) is 5.73 Å². The number of amides is 1. The van der Waals surface area contributed by atoms with E-state index in [4.69, 9.17) is 15.2 Å². The average Bonchev–Trinajstić information content (AvgIpc) is 3.01. The van der Waals surface area contributed by atoms with Gasteiger partial charge in [-0.3, -0.25) is 9.59 Å². The number of aromatic nitrogens is 1. The molecule has 33 heavy (non-hydrogen) atoms. The number of carbonyl (C=O) groups is 2. The van der Waals surface area contributed by atoms with Gasteiger partial charge in [-0.2, -0.15) is 0 Å². The summed E-state index contributed by atoms with van der Waals surface area (Å²) in [5.74, 6) is -1.33. The van der Waals surface area contributed by atoms with E-state index in [0.717, 1.165) is 0 Å². The second-order valence-electron chi connectivity index (χ2n) is 8.43. The number of nitrogens with zero attached hydrogens (tertiary/aromatic N) is 3. The molecule has 0 bridgehead atoms. The number of methoxy groups -OCH3 is 1. The lowest BCUT2D eigenvalue weighted by Crippen LogP contribution is -2.52. The molecule has 1 unspecified atom stereocenters. The average molecular weight is 453 g/mol. The Balaban J connectivity index is 2.14. The van der Waals surface area contributed by atoms with E-state index in [-0.39, 0.29) is 22.8 Å². The van der Waals surface area contributed by atoms with Crippen molar-refractivity contribution in [3.8, 4) is 5.75 Å². The largest absolute Gasteiger partial charge is 0.465 e. The standard InChI is InChI=1S/C24H28N4O5/c1-6-27-16-10-8-7-9-15(16)24(23(27)31)18-17(33-20(25)19(24)22(30)32-5)13-14(2)28(21(18)29)12-11-26(3)4/h7-10,13H,6,11-12,25H2,1-5H3. The molecule has 0 saturated heterocycles. The van der Waals surface area contributed by atoms with Gasteiger partial charge in [-0.1, -0.05) is 18.2 Å². The first-order chi connectivity index (χ1) is 15.7. The van der Waals surface area contributed by atoms with E-state index in [1.165, 1.54) is 7.11 Å². The van der Waals surface area contributed by atoms with Gasteiger partial charge in [-0.25, -0.2) is 4.79 Å². The van der Waals surface area contributed by atoms with Crippen LogP contribution in [0.15, 0.2) is 46.6 Å². The Hall–Kier alpha value is -3.59. The molecule has 2 aliphatic heterocycles. The number of hydrogen-bond donors (Lipinski definition) is 1. The Morgan fingerprint density at radius 2 is 1.94 bits per heavy atom. The molecule has 9 nitrogen and oxygen atoms in total. The first-order valence-electron chi connectivity index (χ1n) is 10.8. The number of likely N-dealkylation sites (N-methyl/N-ethyl adjacent to an activating group) is 2. The van der Waals surface area contributed by atoms with Crippen LogP contribution in [0, 0.1) is 6.92 Å². The number of anilines is 1. The Morgan fingerprint density at radius 3 is 2.58 bits per heavy atom. The molecular weight excluding hydrogens is 424 g/mol. The van der Waals surface area contributed by atoms with Gasteiger partial charge in [-0.05, 0) is 34.0 Å². The van der Waals surface area contributed by atoms with Crippen LogP contribution in [0.2, 0.25) is 0 Å². The number of esters is 1. The molecule has 0 aliphatic carbocycles. The summed E-state index contributed by atoms with van der Waals surface area (Å²) >= 11 is 0. The Kier molecular flexibility index (Phi) is 5.53. The van der Waals surface area contributed by atoms with Gasteiger partial charge in [0, 0.05) is 42.6 Å². The number of aryl methyl sites for hydroxylation is 1. The van der Waals surface area contributed by atoms with E-state index in [0.29, 0.717) is 36.6 Å². The molecule has 4 rings (SSSR count). The monoisotopic (exact) mass is 452 g/mol. The molecular formula is C24H28N4O5. The number of para-hydroxylation sites is 1. The van der Waals surface area contributed by atoms with Crippen molar-refractivity contribution >= 4 is 17.6 Å². The van der Waals surface area contributed by atoms with Crippen LogP contribution < -0.4 is 20.9 Å². The number of nitrogens with two attached hydrogens (primary N) is 1. The summed E-state index contributed by atoms with van der Waals surface area (Å²) in [6.07, 6.45) is 0. The van der Waals surface area contributed by atoms with Crippen LogP contribution in [-0.2, 0) is 26.3 Å². The SMILES string of the molecule is CCN1C(=O)C2(C(C(=O)OC)=C(N)Oc3cc(C)n(CCN(C)C)c(=O)c32)c2ccccc21. The number of fused-ring (bicyclic) bond motifs is 4. The van der Waals surface area contributed by atoms with Gasteiger partial charge in [0.15, 0.2) is 0 Å². The lowest BCUT2D eigenvalue weighted by molar-refractivity contribution is -0.138. The molecule has 2 N–H and O–H groups in total. The molecule has 2 aromatic rings. The number of ether oxygens (including phenoxy) is 2. The first-order valence-corrected chi connectivity index (χ1v) is 10.8. The van der Waals surface area contributed by atoms with Gasteiger partial charge in [0.25, 0.3) is 5.56 Å². The molecule has 1 amide bonds.